The fraction of sp³-hybridized carbons (Fsp3) is 0.133. The average molecular weight is 306 g/mol. The number of fused-ring (bicyclic) bond motifs is 1. The van der Waals surface area contributed by atoms with E-state index in [1.807, 2.05) is 47.7 Å². The van der Waals surface area contributed by atoms with Gasteiger partial charge in [0, 0.05) is 30.4 Å². The molecule has 0 aromatic carbocycles. The monoisotopic (exact) mass is 306 g/mol. The smallest absolute Gasteiger partial charge is 1.00 e. The molecule has 3 rings (SSSR count). The second kappa shape index (κ2) is 6.80. The summed E-state index contributed by atoms with van der Waals surface area (Å²) < 4.78 is 3.85. The molecule has 3 heterocycles. The Morgan fingerprint density at radius 2 is 2.14 bits per heavy atom. The molecular formula is C15H15KN4O. The summed E-state index contributed by atoms with van der Waals surface area (Å²) in [4.78, 5) is 14.8. The van der Waals surface area contributed by atoms with Crippen LogP contribution in [0.3, 0.4) is 0 Å². The van der Waals surface area contributed by atoms with Crippen LogP contribution in [-0.4, -0.2) is 25.6 Å². The summed E-state index contributed by atoms with van der Waals surface area (Å²) in [5.74, 6) is 0.920. The molecule has 102 valence electrons. The van der Waals surface area contributed by atoms with Gasteiger partial charge in [-0.1, -0.05) is 0 Å². The van der Waals surface area contributed by atoms with Gasteiger partial charge in [0.25, 0.3) is 0 Å². The molecule has 0 aliphatic carbocycles. The van der Waals surface area contributed by atoms with E-state index in [1.165, 1.54) is 6.08 Å². The topological polar surface area (TPSA) is 52.7 Å². The van der Waals surface area contributed by atoms with E-state index < -0.39 is 0 Å². The molecule has 21 heavy (non-hydrogen) atoms. The summed E-state index contributed by atoms with van der Waals surface area (Å²) in [5, 5.41) is 5.55. The first-order valence-corrected chi connectivity index (χ1v) is 6.29. The third kappa shape index (κ3) is 2.95. The molecular weight excluding hydrogens is 291 g/mol. The Kier molecular flexibility index (Phi) is 5.29. The van der Waals surface area contributed by atoms with E-state index in [-0.39, 0.29) is 52.8 Å². The van der Waals surface area contributed by atoms with Crippen molar-refractivity contribution in [3.8, 4) is 5.82 Å². The Hall–Kier alpha value is -1.05. The van der Waals surface area contributed by atoms with Crippen LogP contribution >= 0.6 is 0 Å². The van der Waals surface area contributed by atoms with Crippen molar-refractivity contribution < 1.29 is 57.6 Å². The van der Waals surface area contributed by atoms with Crippen LogP contribution in [-0.2, 0) is 11.8 Å². The molecule has 0 atom stereocenters. The Balaban J connectivity index is 0.00000121. The van der Waals surface area contributed by atoms with Gasteiger partial charge >= 0.3 is 51.4 Å². The van der Waals surface area contributed by atoms with Crippen molar-refractivity contribution in [3.63, 3.8) is 0 Å². The number of aromatic nitrogens is 4. The maximum Gasteiger partial charge on any atom is 1.00 e. The molecule has 6 heteroatoms. The minimum Gasteiger partial charge on any atom is -1.00 e. The maximum absolute atomic E-state index is 10.6. The summed E-state index contributed by atoms with van der Waals surface area (Å²) in [6.45, 7) is 1.93. The van der Waals surface area contributed by atoms with E-state index in [0.717, 1.165) is 34.3 Å². The van der Waals surface area contributed by atoms with Gasteiger partial charge in [0.15, 0.2) is 0 Å². The number of aryl methyl sites for hydroxylation is 2. The van der Waals surface area contributed by atoms with Crippen LogP contribution in [0.4, 0.5) is 0 Å². The maximum atomic E-state index is 10.6. The second-order valence-electron chi connectivity index (χ2n) is 4.56. The SMILES string of the molecule is Cc1nn(C)c(-n2ccc3ccncc32)c1/C=C/C=O.[H-].[K+]. The number of rotatable bonds is 3. The molecule has 0 unspecified atom stereocenters. The molecule has 0 bridgehead atoms. The summed E-state index contributed by atoms with van der Waals surface area (Å²) in [7, 11) is 1.89. The molecule has 0 aliphatic heterocycles. The minimum absolute atomic E-state index is 0. The molecule has 0 saturated carbocycles. The first-order chi connectivity index (χ1) is 9.72. The van der Waals surface area contributed by atoms with Crippen LogP contribution in [0.25, 0.3) is 22.8 Å². The molecule has 0 N–H and O–H groups in total. The van der Waals surface area contributed by atoms with E-state index in [1.54, 1.807) is 12.3 Å². The van der Waals surface area contributed by atoms with Gasteiger partial charge in [-0.25, -0.2) is 0 Å². The van der Waals surface area contributed by atoms with Crippen molar-refractivity contribution in [1.82, 2.24) is 19.3 Å². The van der Waals surface area contributed by atoms with Gasteiger partial charge in [0.1, 0.15) is 12.1 Å². The Morgan fingerprint density at radius 3 is 2.90 bits per heavy atom. The third-order valence-corrected chi connectivity index (χ3v) is 3.30. The van der Waals surface area contributed by atoms with Crippen LogP contribution in [0.1, 0.15) is 12.7 Å². The minimum atomic E-state index is 0. The van der Waals surface area contributed by atoms with E-state index in [9.17, 15) is 4.79 Å². The molecule has 3 aromatic heterocycles. The Morgan fingerprint density at radius 1 is 1.33 bits per heavy atom. The van der Waals surface area contributed by atoms with Gasteiger partial charge in [0.05, 0.1) is 17.4 Å². The first-order valence-electron chi connectivity index (χ1n) is 6.29. The summed E-state index contributed by atoms with van der Waals surface area (Å²) >= 11 is 0. The van der Waals surface area contributed by atoms with Crippen LogP contribution in [0.2, 0.25) is 0 Å². The zero-order valence-electron chi connectivity index (χ0n) is 13.3. The van der Waals surface area contributed by atoms with E-state index >= 15 is 0 Å². The van der Waals surface area contributed by atoms with Gasteiger partial charge in [0.2, 0.25) is 0 Å². The second-order valence-corrected chi connectivity index (χ2v) is 4.56. The molecule has 0 fully saturated rings. The molecule has 0 radical (unpaired) electrons. The normalized spacial score (nSPS) is 11.0. The van der Waals surface area contributed by atoms with Crippen molar-refractivity contribution in [2.45, 2.75) is 6.92 Å². The van der Waals surface area contributed by atoms with E-state index in [0.29, 0.717) is 0 Å². The van der Waals surface area contributed by atoms with Crippen LogP contribution < -0.4 is 51.4 Å². The van der Waals surface area contributed by atoms with Gasteiger partial charge < -0.3 is 1.43 Å². The molecule has 0 amide bonds. The van der Waals surface area contributed by atoms with Crippen LogP contribution in [0.15, 0.2) is 36.8 Å². The van der Waals surface area contributed by atoms with Crippen molar-refractivity contribution in [3.05, 3.63) is 48.1 Å². The Labute approximate surface area is 166 Å². The summed E-state index contributed by atoms with van der Waals surface area (Å²) in [6, 6.07) is 4.00. The first kappa shape index (κ1) is 16.3. The van der Waals surface area contributed by atoms with E-state index in [4.69, 9.17) is 0 Å². The molecule has 5 nitrogen and oxygen atoms in total. The molecule has 0 saturated heterocycles. The standard InChI is InChI=1S/C15H14N4O.K.H/c1-11-13(4-3-9-20)15(18(2)17-11)19-8-6-12-5-7-16-10-14(12)19;;/h3-10H,1-2H3;;/q;+1;-1/b4-3+;;. The zero-order valence-corrected chi connectivity index (χ0v) is 15.4. The van der Waals surface area contributed by atoms with Gasteiger partial charge in [-0.2, -0.15) is 5.10 Å². The van der Waals surface area contributed by atoms with Crippen LogP contribution in [0, 0.1) is 6.92 Å². The number of carbonyl (C=O) groups excluding carboxylic acids is 1. The number of nitrogens with zero attached hydrogens (tertiary/aromatic N) is 4. The van der Waals surface area contributed by atoms with Crippen molar-refractivity contribution in [2.24, 2.45) is 7.05 Å². The fourth-order valence-electron chi connectivity index (χ4n) is 2.44. The Bertz CT molecular complexity index is 822. The number of hydrogen-bond acceptors (Lipinski definition) is 3. The predicted molar refractivity (Wildman–Crippen MR) is 78.8 cm³/mol. The number of pyridine rings is 1. The quantitative estimate of drug-likeness (QED) is 0.369. The molecule has 0 spiro atoms. The third-order valence-electron chi connectivity index (χ3n) is 3.30. The van der Waals surface area contributed by atoms with Gasteiger partial charge in [-0.05, 0) is 31.2 Å². The number of hydrogen-bond donors (Lipinski definition) is 0. The summed E-state index contributed by atoms with van der Waals surface area (Å²) in [6.07, 6.45) is 9.62. The zero-order chi connectivity index (χ0) is 14.1. The average Bonchev–Trinajstić information content (AvgIpc) is 2.97. The van der Waals surface area contributed by atoms with Gasteiger partial charge in [-0.3, -0.25) is 19.0 Å². The number of allylic oxidation sites excluding steroid dienone is 1. The molecule has 3 aromatic rings. The fourth-order valence-corrected chi connectivity index (χ4v) is 2.44. The van der Waals surface area contributed by atoms with Crippen molar-refractivity contribution in [1.29, 1.82) is 0 Å². The van der Waals surface area contributed by atoms with Gasteiger partial charge in [-0.15, -0.1) is 0 Å². The van der Waals surface area contributed by atoms with Crippen LogP contribution in [0.5, 0.6) is 0 Å². The number of aldehydes is 1. The molecule has 0 aliphatic rings. The summed E-state index contributed by atoms with van der Waals surface area (Å²) in [5.41, 5.74) is 2.82. The number of carbonyl (C=O) groups is 1. The van der Waals surface area contributed by atoms with Crippen molar-refractivity contribution in [2.75, 3.05) is 0 Å². The predicted octanol–water partition coefficient (Wildman–Crippen LogP) is -0.604. The van der Waals surface area contributed by atoms with E-state index in [2.05, 4.69) is 10.1 Å². The van der Waals surface area contributed by atoms with Crippen molar-refractivity contribution >= 4 is 23.3 Å². The largest absolute Gasteiger partial charge is 1.00 e.